The maximum Gasteiger partial charge on any atom is 0.410 e. The smallest absolute Gasteiger partial charge is 0.410 e. The van der Waals surface area contributed by atoms with Gasteiger partial charge in [-0.1, -0.05) is 158 Å². The zero-order chi connectivity index (χ0) is 35.7. The van der Waals surface area contributed by atoms with E-state index in [0.29, 0.717) is 0 Å². The fourth-order valence-corrected chi connectivity index (χ4v) is 8.07. The van der Waals surface area contributed by atoms with Crippen molar-refractivity contribution in [3.8, 4) is 11.1 Å². The van der Waals surface area contributed by atoms with Crippen molar-refractivity contribution in [1.82, 2.24) is 9.47 Å². The number of nitrogens with zero attached hydrogens (tertiary/aromatic N) is 2. The van der Waals surface area contributed by atoms with Gasteiger partial charge in [0.05, 0.1) is 0 Å². The summed E-state index contributed by atoms with van der Waals surface area (Å²) in [5.41, 5.74) is 8.60. The van der Waals surface area contributed by atoms with Gasteiger partial charge in [-0.15, -0.1) is 0 Å². The molecule has 0 saturated carbocycles. The van der Waals surface area contributed by atoms with Crippen LogP contribution in [0.4, 0.5) is 4.79 Å². The van der Waals surface area contributed by atoms with E-state index in [4.69, 9.17) is 4.74 Å². The van der Waals surface area contributed by atoms with Gasteiger partial charge in [-0.05, 0) is 50.6 Å². The van der Waals surface area contributed by atoms with Crippen LogP contribution in [0.15, 0.2) is 170 Å². The third-order valence-electron chi connectivity index (χ3n) is 10.5. The van der Waals surface area contributed by atoms with Crippen LogP contribution in [-0.4, -0.2) is 46.3 Å². The van der Waals surface area contributed by atoms with Gasteiger partial charge in [0.2, 0.25) is 0 Å². The number of aromatic nitrogens is 1. The molecule has 6 heteroatoms. The molecule has 0 fully saturated rings. The standard InChI is InChI=1S/C46H38N2O4/c1-47(45(51)52-31-41-39-26-13-11-24-37(39)38-25-12-14-27-40(38)41)43(44(49)50)29-32-30-48(42-28-16-15-23-36(32)42)46(33-17-5-2-6-18-33,34-19-7-3-8-20-34)35-21-9-4-10-22-35/h2-28,30,41,43H,29,31H2,1H3,(H,49,50)/t43-/m0/s1. The molecule has 1 aliphatic carbocycles. The van der Waals surface area contributed by atoms with E-state index in [9.17, 15) is 14.7 Å². The number of hydrogen-bond acceptors (Lipinski definition) is 3. The minimum Gasteiger partial charge on any atom is -0.480 e. The highest BCUT2D eigenvalue weighted by Crippen LogP contribution is 2.45. The highest BCUT2D eigenvalue weighted by molar-refractivity contribution is 5.87. The molecular weight excluding hydrogens is 645 g/mol. The molecule has 0 unspecified atom stereocenters. The summed E-state index contributed by atoms with van der Waals surface area (Å²) >= 11 is 0. The van der Waals surface area contributed by atoms with E-state index in [1.807, 2.05) is 97.1 Å². The lowest BCUT2D eigenvalue weighted by Crippen LogP contribution is -2.44. The van der Waals surface area contributed by atoms with Crippen molar-refractivity contribution in [1.29, 1.82) is 0 Å². The van der Waals surface area contributed by atoms with Gasteiger partial charge in [-0.2, -0.15) is 0 Å². The zero-order valence-corrected chi connectivity index (χ0v) is 28.8. The summed E-state index contributed by atoms with van der Waals surface area (Å²) in [6, 6.07) is 54.4. The van der Waals surface area contributed by atoms with Crippen molar-refractivity contribution >= 4 is 23.0 Å². The number of ether oxygens (including phenoxy) is 1. The third kappa shape index (κ3) is 5.53. The average Bonchev–Trinajstić information content (AvgIpc) is 3.73. The number of carboxylic acids is 1. The van der Waals surface area contributed by atoms with Crippen LogP contribution in [0.5, 0.6) is 0 Å². The predicted octanol–water partition coefficient (Wildman–Crippen LogP) is 9.36. The Bertz CT molecular complexity index is 2230. The van der Waals surface area contributed by atoms with Crippen LogP contribution >= 0.6 is 0 Å². The van der Waals surface area contributed by atoms with E-state index in [1.165, 1.54) is 11.9 Å². The first-order valence-corrected chi connectivity index (χ1v) is 17.5. The molecule has 1 amide bonds. The van der Waals surface area contributed by atoms with Gasteiger partial charge in [0.15, 0.2) is 0 Å². The minimum atomic E-state index is -1.17. The van der Waals surface area contributed by atoms with Crippen molar-refractivity contribution in [3.05, 3.63) is 203 Å². The number of rotatable bonds is 10. The van der Waals surface area contributed by atoms with Crippen LogP contribution in [0.1, 0.15) is 39.3 Å². The molecule has 0 saturated heterocycles. The molecule has 6 nitrogen and oxygen atoms in total. The van der Waals surface area contributed by atoms with Crippen LogP contribution in [0.2, 0.25) is 0 Å². The van der Waals surface area contributed by atoms with Crippen LogP contribution in [-0.2, 0) is 21.5 Å². The maximum atomic E-state index is 13.7. The van der Waals surface area contributed by atoms with E-state index < -0.39 is 23.6 Å². The Morgan fingerprint density at radius 3 is 1.65 bits per heavy atom. The molecule has 0 radical (unpaired) electrons. The van der Waals surface area contributed by atoms with Crippen LogP contribution in [0.25, 0.3) is 22.0 Å². The van der Waals surface area contributed by atoms with Gasteiger partial charge in [0.25, 0.3) is 0 Å². The Hall–Kier alpha value is -6.40. The molecule has 1 aromatic heterocycles. The van der Waals surface area contributed by atoms with Crippen LogP contribution in [0.3, 0.4) is 0 Å². The maximum absolute atomic E-state index is 13.7. The molecule has 0 bridgehead atoms. The highest BCUT2D eigenvalue weighted by atomic mass is 16.6. The first-order valence-electron chi connectivity index (χ1n) is 17.5. The number of benzene rings is 6. The summed E-state index contributed by atoms with van der Waals surface area (Å²) in [5.74, 6) is -1.23. The van der Waals surface area contributed by atoms with Crippen molar-refractivity contribution in [2.45, 2.75) is 23.9 Å². The Morgan fingerprint density at radius 1 is 0.673 bits per heavy atom. The number of fused-ring (bicyclic) bond motifs is 4. The first kappa shape index (κ1) is 32.8. The van der Waals surface area contributed by atoms with E-state index in [-0.39, 0.29) is 18.9 Å². The molecule has 0 spiro atoms. The molecule has 1 atom stereocenters. The van der Waals surface area contributed by atoms with Crippen molar-refractivity contribution < 1.29 is 19.4 Å². The number of carbonyl (C=O) groups is 2. The molecule has 1 heterocycles. The quantitative estimate of drug-likeness (QED) is 0.146. The second-order valence-corrected chi connectivity index (χ2v) is 13.3. The molecule has 0 aliphatic heterocycles. The lowest BCUT2D eigenvalue weighted by Gasteiger charge is -2.38. The van der Waals surface area contributed by atoms with Gasteiger partial charge >= 0.3 is 12.1 Å². The molecule has 1 N–H and O–H groups in total. The number of likely N-dealkylation sites (N-methyl/N-ethyl adjacent to an activating group) is 1. The van der Waals surface area contributed by atoms with Crippen LogP contribution in [0, 0.1) is 0 Å². The Kier molecular flexibility index (Phi) is 8.65. The van der Waals surface area contributed by atoms with E-state index >= 15 is 0 Å². The Morgan fingerprint density at radius 2 is 1.13 bits per heavy atom. The average molecular weight is 683 g/mol. The second kappa shape index (κ2) is 13.7. The lowest BCUT2D eigenvalue weighted by atomic mass is 9.76. The summed E-state index contributed by atoms with van der Waals surface area (Å²) in [4.78, 5) is 27.9. The van der Waals surface area contributed by atoms with Gasteiger partial charge in [-0.25, -0.2) is 9.59 Å². The summed E-state index contributed by atoms with van der Waals surface area (Å²) in [5, 5.41) is 11.5. The molecular formula is C46H38N2O4. The summed E-state index contributed by atoms with van der Waals surface area (Å²) in [6.07, 6.45) is 1.47. The lowest BCUT2D eigenvalue weighted by molar-refractivity contribution is -0.142. The topological polar surface area (TPSA) is 71.8 Å². The SMILES string of the molecule is CN(C(=O)OCC1c2ccccc2-c2ccccc21)[C@@H](Cc1cn(C(c2ccccc2)(c2ccccc2)c2ccccc2)c2ccccc12)C(=O)O. The zero-order valence-electron chi connectivity index (χ0n) is 28.8. The van der Waals surface area contributed by atoms with E-state index in [2.05, 4.69) is 77.5 Å². The number of aliphatic carboxylic acids is 1. The summed E-state index contributed by atoms with van der Waals surface area (Å²) < 4.78 is 8.18. The molecule has 6 aromatic carbocycles. The Labute approximate surface area is 303 Å². The molecule has 1 aliphatic rings. The van der Waals surface area contributed by atoms with E-state index in [1.54, 1.807) is 0 Å². The summed E-state index contributed by atoms with van der Waals surface area (Å²) in [7, 11) is 1.51. The monoisotopic (exact) mass is 682 g/mol. The van der Waals surface area contributed by atoms with E-state index in [0.717, 1.165) is 55.4 Å². The largest absolute Gasteiger partial charge is 0.480 e. The number of carboxylic acid groups (broad SMARTS) is 1. The van der Waals surface area contributed by atoms with Crippen molar-refractivity contribution in [2.24, 2.45) is 0 Å². The number of para-hydroxylation sites is 1. The van der Waals surface area contributed by atoms with Gasteiger partial charge in [0.1, 0.15) is 18.2 Å². The van der Waals surface area contributed by atoms with Crippen molar-refractivity contribution in [2.75, 3.05) is 13.7 Å². The predicted molar refractivity (Wildman–Crippen MR) is 205 cm³/mol. The first-order chi connectivity index (χ1) is 25.5. The van der Waals surface area contributed by atoms with Crippen LogP contribution < -0.4 is 0 Å². The molecule has 8 rings (SSSR count). The molecule has 52 heavy (non-hydrogen) atoms. The minimum absolute atomic E-state index is 0.0813. The second-order valence-electron chi connectivity index (χ2n) is 13.3. The fraction of sp³-hybridized carbons (Fsp3) is 0.130. The van der Waals surface area contributed by atoms with Gasteiger partial charge in [-0.3, -0.25) is 4.90 Å². The van der Waals surface area contributed by atoms with Gasteiger partial charge in [0, 0.05) is 36.5 Å². The molecule has 256 valence electrons. The summed E-state index contributed by atoms with van der Waals surface area (Å²) in [6.45, 7) is 0.108. The fourth-order valence-electron chi connectivity index (χ4n) is 8.07. The highest BCUT2D eigenvalue weighted by Gasteiger charge is 2.40. The number of amides is 1. The number of carbonyl (C=O) groups excluding carboxylic acids is 1. The van der Waals surface area contributed by atoms with Gasteiger partial charge < -0.3 is 14.4 Å². The number of hydrogen-bond donors (Lipinski definition) is 1. The Balaban J connectivity index is 1.17. The molecule has 7 aromatic rings. The van der Waals surface area contributed by atoms with Crippen molar-refractivity contribution in [3.63, 3.8) is 0 Å². The third-order valence-corrected chi connectivity index (χ3v) is 10.5. The normalized spacial score (nSPS) is 12.9.